The van der Waals surface area contributed by atoms with Crippen molar-refractivity contribution in [2.75, 3.05) is 11.5 Å². The normalized spacial score (nSPS) is 21.8. The number of anilines is 1. The fraction of sp³-hybridized carbons (Fsp3) is 0.231. The minimum absolute atomic E-state index is 0.0837. The van der Waals surface area contributed by atoms with Gasteiger partial charge in [0.15, 0.2) is 0 Å². The van der Waals surface area contributed by atoms with E-state index in [1.807, 2.05) is 0 Å². The van der Waals surface area contributed by atoms with Gasteiger partial charge in [0, 0.05) is 5.75 Å². The van der Waals surface area contributed by atoms with Crippen LogP contribution in [0.4, 0.5) is 10.3 Å². The van der Waals surface area contributed by atoms with E-state index in [9.17, 15) is 14.0 Å². The van der Waals surface area contributed by atoms with Crippen LogP contribution in [0.3, 0.4) is 0 Å². The number of nitrogens with one attached hydrogen (secondary N) is 1. The lowest BCUT2D eigenvalue weighted by atomic mass is 10.1. The first-order valence-corrected chi connectivity index (χ1v) is 7.14. The molecule has 0 saturated carbocycles. The zero-order chi connectivity index (χ0) is 15.1. The highest BCUT2D eigenvalue weighted by atomic mass is 32.2. The number of rotatable bonds is 2. The maximum atomic E-state index is 13.3. The number of benzene rings is 1. The Labute approximate surface area is 122 Å². The third-order valence-electron chi connectivity index (χ3n) is 3.26. The zero-order valence-corrected chi connectivity index (χ0v) is 11.4. The summed E-state index contributed by atoms with van der Waals surface area (Å²) in [6, 6.07) is 2.83. The van der Waals surface area contributed by atoms with Crippen LogP contribution in [-0.4, -0.2) is 22.9 Å². The molecule has 4 N–H and O–H groups in total. The quantitative estimate of drug-likeness (QED) is 0.767. The van der Waals surface area contributed by atoms with Gasteiger partial charge in [-0.05, 0) is 18.2 Å². The molecule has 1 aromatic heterocycles. The second-order valence-corrected chi connectivity index (χ2v) is 5.76. The van der Waals surface area contributed by atoms with Crippen LogP contribution < -0.4 is 16.5 Å². The second-order valence-electron chi connectivity index (χ2n) is 4.62. The molecule has 0 bridgehead atoms. The summed E-state index contributed by atoms with van der Waals surface area (Å²) in [4.78, 5) is 23.4. The molecule has 110 valence electrons. The number of carboxylic acid groups (broad SMARTS) is 1. The van der Waals surface area contributed by atoms with E-state index >= 15 is 0 Å². The summed E-state index contributed by atoms with van der Waals surface area (Å²) in [7, 11) is 0. The third kappa shape index (κ3) is 2.36. The average molecular weight is 310 g/mol. The number of aliphatic carboxylic acids is 1. The van der Waals surface area contributed by atoms with Crippen molar-refractivity contribution in [2.24, 2.45) is 0 Å². The summed E-state index contributed by atoms with van der Waals surface area (Å²) in [5.74, 6) is -1.34. The molecule has 3 rings (SSSR count). The minimum atomic E-state index is -1.00. The van der Waals surface area contributed by atoms with E-state index in [-0.39, 0.29) is 22.4 Å². The maximum Gasteiger partial charge on any atom is 0.321 e. The molecule has 1 saturated heterocycles. The fourth-order valence-corrected chi connectivity index (χ4v) is 3.50. The number of halogens is 1. The highest BCUT2D eigenvalue weighted by Crippen LogP contribution is 2.35. The summed E-state index contributed by atoms with van der Waals surface area (Å²) < 4.78 is 18.6. The van der Waals surface area contributed by atoms with Gasteiger partial charge in [0.1, 0.15) is 17.4 Å². The molecule has 21 heavy (non-hydrogen) atoms. The number of fused-ring (bicyclic) bond motifs is 1. The lowest BCUT2D eigenvalue weighted by Gasteiger charge is -2.13. The Balaban J connectivity index is 2.11. The lowest BCUT2D eigenvalue weighted by molar-refractivity contribution is -0.138. The van der Waals surface area contributed by atoms with Crippen LogP contribution in [0.15, 0.2) is 27.4 Å². The van der Waals surface area contributed by atoms with Crippen molar-refractivity contribution in [3.8, 4) is 0 Å². The first kappa shape index (κ1) is 13.9. The molecule has 1 fully saturated rings. The number of hydrogen-bond donors (Lipinski definition) is 3. The molecule has 1 aliphatic rings. The Morgan fingerprint density at radius 3 is 2.95 bits per heavy atom. The SMILES string of the molecule is Nc1oc2ccc(F)cc2c(=O)c1C1NC(C(=O)O)CS1. The van der Waals surface area contributed by atoms with Crippen molar-refractivity contribution in [1.29, 1.82) is 0 Å². The largest absolute Gasteiger partial charge is 0.480 e. The van der Waals surface area contributed by atoms with E-state index in [2.05, 4.69) is 5.32 Å². The Hall–Kier alpha value is -2.06. The predicted molar refractivity (Wildman–Crippen MR) is 76.6 cm³/mol. The van der Waals surface area contributed by atoms with Crippen LogP contribution in [0, 0.1) is 5.82 Å². The highest BCUT2D eigenvalue weighted by molar-refractivity contribution is 7.99. The predicted octanol–water partition coefficient (Wildman–Crippen LogP) is 1.30. The van der Waals surface area contributed by atoms with Gasteiger partial charge in [0.05, 0.1) is 16.3 Å². The van der Waals surface area contributed by atoms with Gasteiger partial charge in [-0.15, -0.1) is 11.8 Å². The van der Waals surface area contributed by atoms with Crippen molar-refractivity contribution >= 4 is 34.6 Å². The summed E-state index contributed by atoms with van der Waals surface area (Å²) in [5.41, 5.74) is 5.63. The van der Waals surface area contributed by atoms with Gasteiger partial charge in [0.2, 0.25) is 11.3 Å². The molecule has 0 amide bonds. The molecule has 1 aliphatic heterocycles. The number of carboxylic acids is 1. The molecule has 0 radical (unpaired) electrons. The van der Waals surface area contributed by atoms with Crippen molar-refractivity contribution in [1.82, 2.24) is 5.32 Å². The van der Waals surface area contributed by atoms with Crippen molar-refractivity contribution in [2.45, 2.75) is 11.4 Å². The Morgan fingerprint density at radius 1 is 1.52 bits per heavy atom. The summed E-state index contributed by atoms with van der Waals surface area (Å²) in [6.07, 6.45) is 0. The highest BCUT2D eigenvalue weighted by Gasteiger charge is 2.33. The van der Waals surface area contributed by atoms with E-state index < -0.39 is 28.6 Å². The van der Waals surface area contributed by atoms with Crippen LogP contribution in [0.2, 0.25) is 0 Å². The van der Waals surface area contributed by atoms with E-state index in [0.717, 1.165) is 6.07 Å². The van der Waals surface area contributed by atoms with Crippen LogP contribution in [-0.2, 0) is 4.79 Å². The molecule has 0 spiro atoms. The van der Waals surface area contributed by atoms with Gasteiger partial charge in [-0.25, -0.2) is 4.39 Å². The summed E-state index contributed by atoms with van der Waals surface area (Å²) in [5, 5.41) is 11.3. The van der Waals surface area contributed by atoms with E-state index in [1.165, 1.54) is 23.9 Å². The zero-order valence-electron chi connectivity index (χ0n) is 10.6. The molecular weight excluding hydrogens is 299 g/mol. The average Bonchev–Trinajstić information content (AvgIpc) is 2.89. The van der Waals surface area contributed by atoms with E-state index in [1.54, 1.807) is 0 Å². The van der Waals surface area contributed by atoms with Crippen LogP contribution in [0.5, 0.6) is 0 Å². The minimum Gasteiger partial charge on any atom is -0.480 e. The van der Waals surface area contributed by atoms with E-state index in [4.69, 9.17) is 15.3 Å². The molecule has 6 nitrogen and oxygen atoms in total. The standard InChI is InChI=1S/C13H11FN2O4S/c14-5-1-2-8-6(3-5)10(17)9(11(15)20-8)12-16-7(4-21-12)13(18)19/h1-3,7,12,16H,4,15H2,(H,18,19). The van der Waals surface area contributed by atoms with Crippen molar-refractivity contribution in [3.63, 3.8) is 0 Å². The van der Waals surface area contributed by atoms with E-state index in [0.29, 0.717) is 5.75 Å². The fourth-order valence-electron chi connectivity index (χ4n) is 2.23. The topological polar surface area (TPSA) is 106 Å². The smallest absolute Gasteiger partial charge is 0.321 e. The second kappa shape index (κ2) is 5.05. The Kier molecular flexibility index (Phi) is 3.34. The maximum absolute atomic E-state index is 13.3. The Bertz CT molecular complexity index is 792. The first-order valence-electron chi connectivity index (χ1n) is 6.09. The van der Waals surface area contributed by atoms with Crippen LogP contribution in [0.25, 0.3) is 11.0 Å². The monoisotopic (exact) mass is 310 g/mol. The number of nitrogen functional groups attached to an aromatic ring is 1. The molecule has 0 aliphatic carbocycles. The summed E-state index contributed by atoms with van der Waals surface area (Å²) in [6.45, 7) is 0. The number of carbonyl (C=O) groups is 1. The number of hydrogen-bond acceptors (Lipinski definition) is 6. The summed E-state index contributed by atoms with van der Waals surface area (Å²) >= 11 is 1.25. The first-order chi connectivity index (χ1) is 9.97. The van der Waals surface area contributed by atoms with Crippen molar-refractivity contribution in [3.05, 3.63) is 39.8 Å². The van der Waals surface area contributed by atoms with Gasteiger partial charge >= 0.3 is 5.97 Å². The van der Waals surface area contributed by atoms with Crippen LogP contribution in [0.1, 0.15) is 10.9 Å². The molecule has 2 heterocycles. The van der Waals surface area contributed by atoms with Gasteiger partial charge in [-0.3, -0.25) is 14.9 Å². The van der Waals surface area contributed by atoms with Gasteiger partial charge < -0.3 is 15.3 Å². The molecule has 1 aromatic carbocycles. The molecular formula is C13H11FN2O4S. The van der Waals surface area contributed by atoms with Crippen LogP contribution >= 0.6 is 11.8 Å². The van der Waals surface area contributed by atoms with Crippen molar-refractivity contribution < 1.29 is 18.7 Å². The molecule has 2 unspecified atom stereocenters. The van der Waals surface area contributed by atoms with Gasteiger partial charge in [0.25, 0.3) is 0 Å². The molecule has 8 heteroatoms. The third-order valence-corrected chi connectivity index (χ3v) is 4.49. The number of thioether (sulfide) groups is 1. The van der Waals surface area contributed by atoms with Gasteiger partial charge in [-0.1, -0.05) is 0 Å². The Morgan fingerprint density at radius 2 is 2.29 bits per heavy atom. The lowest BCUT2D eigenvalue weighted by Crippen LogP contribution is -2.35. The molecule has 2 aromatic rings. The number of nitrogens with two attached hydrogens (primary N) is 1. The molecule has 2 atom stereocenters. The van der Waals surface area contributed by atoms with Gasteiger partial charge in [-0.2, -0.15) is 0 Å².